The van der Waals surface area contributed by atoms with Gasteiger partial charge in [-0.05, 0) is 18.8 Å². The molecule has 1 atom stereocenters. The maximum absolute atomic E-state index is 11.7. The van der Waals surface area contributed by atoms with E-state index in [1.54, 1.807) is 0 Å². The van der Waals surface area contributed by atoms with E-state index in [9.17, 15) is 4.79 Å². The van der Waals surface area contributed by atoms with E-state index in [1.807, 2.05) is 0 Å². The highest BCUT2D eigenvalue weighted by Gasteiger charge is 2.22. The van der Waals surface area contributed by atoms with Crippen LogP contribution in [0.5, 0.6) is 0 Å². The van der Waals surface area contributed by atoms with Crippen LogP contribution < -0.4 is 10.6 Å². The molecule has 2 fully saturated rings. The molecule has 2 N–H and O–H groups in total. The molecule has 0 saturated carbocycles. The molecule has 0 aromatic carbocycles. The maximum Gasteiger partial charge on any atom is 0.250 e. The lowest BCUT2D eigenvalue weighted by molar-refractivity contribution is -0.134. The van der Waals surface area contributed by atoms with Gasteiger partial charge >= 0.3 is 0 Å². The number of carbonyl (C=O) groups is 1. The van der Waals surface area contributed by atoms with E-state index in [4.69, 9.17) is 9.47 Å². The minimum absolute atomic E-state index is 0.0127. The van der Waals surface area contributed by atoms with Gasteiger partial charge < -0.3 is 20.1 Å². The van der Waals surface area contributed by atoms with Crippen LogP contribution in [-0.4, -0.2) is 51.5 Å². The van der Waals surface area contributed by atoms with Crippen LogP contribution in [0, 0.1) is 5.92 Å². The van der Waals surface area contributed by atoms with E-state index >= 15 is 0 Å². The third-order valence-corrected chi connectivity index (χ3v) is 3.13. The molecule has 2 heterocycles. The second kappa shape index (κ2) is 6.18. The standard InChI is InChI=1S/C11H20N2O3/c14-11(10-8-12-3-6-16-10)13-7-9-1-4-15-5-2-9/h9-10,12H,1-8H2,(H,13,14). The van der Waals surface area contributed by atoms with Crippen molar-refractivity contribution >= 4 is 5.91 Å². The molecule has 1 unspecified atom stereocenters. The number of morpholine rings is 1. The number of nitrogens with one attached hydrogen (secondary N) is 2. The van der Waals surface area contributed by atoms with Crippen molar-refractivity contribution in [1.82, 2.24) is 10.6 Å². The van der Waals surface area contributed by atoms with E-state index < -0.39 is 0 Å². The highest BCUT2D eigenvalue weighted by molar-refractivity contribution is 5.81. The van der Waals surface area contributed by atoms with Crippen LogP contribution in [0.4, 0.5) is 0 Å². The Morgan fingerprint density at radius 2 is 2.12 bits per heavy atom. The van der Waals surface area contributed by atoms with Crippen molar-refractivity contribution in [2.24, 2.45) is 5.92 Å². The monoisotopic (exact) mass is 228 g/mol. The van der Waals surface area contributed by atoms with Gasteiger partial charge in [0, 0.05) is 32.8 Å². The van der Waals surface area contributed by atoms with Crippen LogP contribution in [0.3, 0.4) is 0 Å². The second-order valence-electron chi connectivity index (χ2n) is 4.36. The highest BCUT2D eigenvalue weighted by Crippen LogP contribution is 2.13. The summed E-state index contributed by atoms with van der Waals surface area (Å²) >= 11 is 0. The first kappa shape index (κ1) is 11.8. The van der Waals surface area contributed by atoms with Crippen LogP contribution in [0.2, 0.25) is 0 Å². The summed E-state index contributed by atoms with van der Waals surface area (Å²) in [6.45, 7) is 4.48. The molecular weight excluding hydrogens is 208 g/mol. The summed E-state index contributed by atoms with van der Waals surface area (Å²) in [7, 11) is 0. The van der Waals surface area contributed by atoms with Gasteiger partial charge in [-0.25, -0.2) is 0 Å². The Balaban J connectivity index is 1.65. The quantitative estimate of drug-likeness (QED) is 0.685. The van der Waals surface area contributed by atoms with Crippen molar-refractivity contribution in [3.63, 3.8) is 0 Å². The van der Waals surface area contributed by atoms with Crippen molar-refractivity contribution in [3.05, 3.63) is 0 Å². The zero-order chi connectivity index (χ0) is 11.2. The summed E-state index contributed by atoms with van der Waals surface area (Å²) in [5.41, 5.74) is 0. The number of hydrogen-bond acceptors (Lipinski definition) is 4. The Labute approximate surface area is 95.9 Å². The normalized spacial score (nSPS) is 27.6. The molecule has 2 saturated heterocycles. The van der Waals surface area contributed by atoms with Crippen LogP contribution >= 0.6 is 0 Å². The lowest BCUT2D eigenvalue weighted by Crippen LogP contribution is -2.48. The van der Waals surface area contributed by atoms with Crippen molar-refractivity contribution in [3.8, 4) is 0 Å². The van der Waals surface area contributed by atoms with Crippen LogP contribution in [0.1, 0.15) is 12.8 Å². The largest absolute Gasteiger partial charge is 0.381 e. The Morgan fingerprint density at radius 1 is 1.31 bits per heavy atom. The third kappa shape index (κ3) is 3.43. The summed E-state index contributed by atoms with van der Waals surface area (Å²) in [6, 6.07) is 0. The Morgan fingerprint density at radius 3 is 2.81 bits per heavy atom. The molecule has 1 amide bonds. The van der Waals surface area contributed by atoms with E-state index in [0.717, 1.165) is 39.1 Å². The van der Waals surface area contributed by atoms with Crippen LogP contribution in [0.25, 0.3) is 0 Å². The van der Waals surface area contributed by atoms with Crippen molar-refractivity contribution in [2.75, 3.05) is 39.5 Å². The molecule has 16 heavy (non-hydrogen) atoms. The topological polar surface area (TPSA) is 59.6 Å². The average molecular weight is 228 g/mol. The zero-order valence-electron chi connectivity index (χ0n) is 9.54. The first-order chi connectivity index (χ1) is 7.86. The Kier molecular flexibility index (Phi) is 4.56. The molecule has 0 aromatic rings. The van der Waals surface area contributed by atoms with Gasteiger partial charge in [0.05, 0.1) is 6.61 Å². The molecule has 5 nitrogen and oxygen atoms in total. The fraction of sp³-hybridized carbons (Fsp3) is 0.909. The minimum atomic E-state index is -0.311. The van der Waals surface area contributed by atoms with Gasteiger partial charge in [-0.3, -0.25) is 4.79 Å². The van der Waals surface area contributed by atoms with Crippen molar-refractivity contribution in [1.29, 1.82) is 0 Å². The Bertz CT molecular complexity index is 223. The van der Waals surface area contributed by atoms with Gasteiger partial charge in [0.2, 0.25) is 5.91 Å². The SMILES string of the molecule is O=C(NCC1CCOCC1)C1CNCCO1. The lowest BCUT2D eigenvalue weighted by atomic mass is 10.0. The Hall–Kier alpha value is -0.650. The molecule has 5 heteroatoms. The van der Waals surface area contributed by atoms with Crippen LogP contribution in [0.15, 0.2) is 0 Å². The average Bonchev–Trinajstić information content (AvgIpc) is 2.38. The molecule has 0 spiro atoms. The fourth-order valence-electron chi connectivity index (χ4n) is 2.04. The first-order valence-corrected chi connectivity index (χ1v) is 6.04. The number of rotatable bonds is 3. The number of carbonyl (C=O) groups excluding carboxylic acids is 1. The van der Waals surface area contributed by atoms with Gasteiger partial charge in [0.25, 0.3) is 0 Å². The lowest BCUT2D eigenvalue weighted by Gasteiger charge is -2.25. The van der Waals surface area contributed by atoms with E-state index in [0.29, 0.717) is 19.1 Å². The van der Waals surface area contributed by atoms with E-state index in [1.165, 1.54) is 0 Å². The molecular formula is C11H20N2O3. The zero-order valence-corrected chi connectivity index (χ0v) is 9.54. The molecule has 2 aliphatic rings. The highest BCUT2D eigenvalue weighted by atomic mass is 16.5. The van der Waals surface area contributed by atoms with Crippen molar-refractivity contribution in [2.45, 2.75) is 18.9 Å². The van der Waals surface area contributed by atoms with Gasteiger partial charge in [-0.1, -0.05) is 0 Å². The summed E-state index contributed by atoms with van der Waals surface area (Å²) in [5, 5.41) is 6.11. The molecule has 2 aliphatic heterocycles. The van der Waals surface area contributed by atoms with Gasteiger partial charge in [0.1, 0.15) is 6.10 Å². The smallest absolute Gasteiger partial charge is 0.250 e. The number of hydrogen-bond donors (Lipinski definition) is 2. The number of amides is 1. The summed E-state index contributed by atoms with van der Waals surface area (Å²) in [4.78, 5) is 11.7. The molecule has 0 bridgehead atoms. The summed E-state index contributed by atoms with van der Waals surface area (Å²) in [5.74, 6) is 0.577. The van der Waals surface area contributed by atoms with Gasteiger partial charge in [0.15, 0.2) is 0 Å². The summed E-state index contributed by atoms with van der Waals surface area (Å²) < 4.78 is 10.7. The maximum atomic E-state index is 11.7. The number of ether oxygens (including phenoxy) is 2. The molecule has 92 valence electrons. The molecule has 0 radical (unpaired) electrons. The predicted octanol–water partition coefficient (Wildman–Crippen LogP) is -0.482. The van der Waals surface area contributed by atoms with Gasteiger partial charge in [-0.15, -0.1) is 0 Å². The summed E-state index contributed by atoms with van der Waals surface area (Å²) in [6.07, 6.45) is 1.78. The minimum Gasteiger partial charge on any atom is -0.381 e. The predicted molar refractivity (Wildman–Crippen MR) is 59.2 cm³/mol. The molecule has 0 aromatic heterocycles. The first-order valence-electron chi connectivity index (χ1n) is 6.04. The van der Waals surface area contributed by atoms with Gasteiger partial charge in [-0.2, -0.15) is 0 Å². The van der Waals surface area contributed by atoms with E-state index in [2.05, 4.69) is 10.6 Å². The third-order valence-electron chi connectivity index (χ3n) is 3.13. The fourth-order valence-corrected chi connectivity index (χ4v) is 2.04. The van der Waals surface area contributed by atoms with E-state index in [-0.39, 0.29) is 12.0 Å². The van der Waals surface area contributed by atoms with Crippen LogP contribution in [-0.2, 0) is 14.3 Å². The molecule has 2 rings (SSSR count). The molecule has 0 aliphatic carbocycles. The second-order valence-corrected chi connectivity index (χ2v) is 4.36. The van der Waals surface area contributed by atoms with Crippen molar-refractivity contribution < 1.29 is 14.3 Å².